The molecule has 0 saturated heterocycles. The van der Waals surface area contributed by atoms with Crippen LogP contribution < -0.4 is 4.74 Å². The Kier molecular flexibility index (Phi) is 3.30. The van der Waals surface area contributed by atoms with Crippen LogP contribution in [0.2, 0.25) is 0 Å². The van der Waals surface area contributed by atoms with Gasteiger partial charge in [0.2, 0.25) is 0 Å². The first-order valence-electron chi connectivity index (χ1n) is 6.19. The van der Waals surface area contributed by atoms with Crippen molar-refractivity contribution in [2.45, 2.75) is 13.0 Å². The average molecular weight is 304 g/mol. The van der Waals surface area contributed by atoms with Crippen molar-refractivity contribution in [2.24, 2.45) is 0 Å². The van der Waals surface area contributed by atoms with Crippen LogP contribution in [0.1, 0.15) is 13.0 Å². The molecule has 21 heavy (non-hydrogen) atoms. The number of benzene rings is 1. The molecular weight excluding hydrogens is 292 g/mol. The van der Waals surface area contributed by atoms with E-state index in [1.165, 1.54) is 16.0 Å². The minimum absolute atomic E-state index is 0.449. The Hall–Kier alpha value is -2.48. The van der Waals surface area contributed by atoms with Gasteiger partial charge in [0.1, 0.15) is 5.75 Å². The fraction of sp³-hybridized carbons (Fsp3) is 0.231. The Labute approximate surface area is 123 Å². The Morgan fingerprint density at radius 3 is 2.95 bits per heavy atom. The lowest BCUT2D eigenvalue weighted by Gasteiger charge is -2.06. The number of aromatic nitrogens is 4. The number of carboxylic acid groups (broad SMARTS) is 1. The summed E-state index contributed by atoms with van der Waals surface area (Å²) in [5, 5.41) is 21.4. The molecule has 0 spiro atoms. The minimum atomic E-state index is -0.980. The monoisotopic (exact) mass is 304 g/mol. The first-order chi connectivity index (χ1) is 10.1. The molecule has 3 rings (SSSR count). The molecule has 0 aliphatic rings. The van der Waals surface area contributed by atoms with E-state index in [4.69, 9.17) is 9.84 Å². The summed E-state index contributed by atoms with van der Waals surface area (Å²) in [6.45, 7) is 1.54. The molecule has 2 heterocycles. The van der Waals surface area contributed by atoms with Crippen LogP contribution in [0.4, 0.5) is 0 Å². The van der Waals surface area contributed by atoms with Crippen LogP contribution >= 0.6 is 11.3 Å². The van der Waals surface area contributed by atoms with Crippen molar-refractivity contribution in [3.05, 3.63) is 24.3 Å². The highest BCUT2D eigenvalue weighted by molar-refractivity contribution is 7.22. The topological polar surface area (TPSA) is 90.1 Å². The molecule has 0 aliphatic heterocycles. The maximum atomic E-state index is 11.1. The highest BCUT2D eigenvalue weighted by Gasteiger charge is 2.21. The van der Waals surface area contributed by atoms with Crippen LogP contribution in [-0.2, 0) is 4.79 Å². The Morgan fingerprint density at radius 1 is 1.43 bits per heavy atom. The van der Waals surface area contributed by atoms with Crippen LogP contribution in [0.25, 0.3) is 20.8 Å². The molecule has 1 unspecified atom stereocenters. The van der Waals surface area contributed by atoms with Gasteiger partial charge in [-0.05, 0) is 47.0 Å². The molecule has 0 aliphatic carbocycles. The lowest BCUT2D eigenvalue weighted by atomic mass is 10.2. The molecule has 108 valence electrons. The first kappa shape index (κ1) is 13.5. The molecule has 0 saturated carbocycles. The number of aliphatic carboxylic acids is 1. The lowest BCUT2D eigenvalue weighted by Crippen LogP contribution is -2.17. The predicted molar refractivity (Wildman–Crippen MR) is 77.5 cm³/mol. The number of tetrazole rings is 1. The summed E-state index contributed by atoms with van der Waals surface area (Å²) in [7, 11) is 1.61. The van der Waals surface area contributed by atoms with Gasteiger partial charge in [-0.25, -0.2) is 9.48 Å². The molecule has 2 aromatic heterocycles. The van der Waals surface area contributed by atoms with Crippen LogP contribution in [0.3, 0.4) is 0 Å². The van der Waals surface area contributed by atoms with Crippen molar-refractivity contribution < 1.29 is 14.6 Å². The van der Waals surface area contributed by atoms with Crippen LogP contribution in [0.15, 0.2) is 24.3 Å². The summed E-state index contributed by atoms with van der Waals surface area (Å²) >= 11 is 1.51. The number of carboxylic acids is 1. The van der Waals surface area contributed by atoms with E-state index in [-0.39, 0.29) is 0 Å². The van der Waals surface area contributed by atoms with Gasteiger partial charge in [0.15, 0.2) is 11.9 Å². The van der Waals surface area contributed by atoms with E-state index in [0.29, 0.717) is 5.82 Å². The molecule has 3 aromatic rings. The van der Waals surface area contributed by atoms with Crippen molar-refractivity contribution in [3.63, 3.8) is 0 Å². The van der Waals surface area contributed by atoms with Crippen molar-refractivity contribution in [1.82, 2.24) is 20.2 Å². The summed E-state index contributed by atoms with van der Waals surface area (Å²) in [6.07, 6.45) is 0. The van der Waals surface area contributed by atoms with E-state index >= 15 is 0 Å². The normalized spacial score (nSPS) is 12.5. The SMILES string of the molecule is COc1ccc2sc(-c3nnnn3C(C)C(=O)O)cc2c1. The number of hydrogen-bond donors (Lipinski definition) is 1. The molecule has 0 radical (unpaired) electrons. The summed E-state index contributed by atoms with van der Waals surface area (Å²) in [5.74, 6) is 0.238. The molecule has 0 amide bonds. The van der Waals surface area contributed by atoms with E-state index in [2.05, 4.69) is 15.5 Å². The smallest absolute Gasteiger partial charge is 0.328 e. The second kappa shape index (κ2) is 5.13. The summed E-state index contributed by atoms with van der Waals surface area (Å²) in [5.41, 5.74) is 0. The fourth-order valence-electron chi connectivity index (χ4n) is 1.98. The Balaban J connectivity index is 2.09. The van der Waals surface area contributed by atoms with Crippen molar-refractivity contribution >= 4 is 27.4 Å². The second-order valence-electron chi connectivity index (χ2n) is 4.48. The van der Waals surface area contributed by atoms with E-state index in [1.54, 1.807) is 14.0 Å². The fourth-order valence-corrected chi connectivity index (χ4v) is 3.00. The summed E-state index contributed by atoms with van der Waals surface area (Å²) < 4.78 is 7.57. The zero-order chi connectivity index (χ0) is 15.0. The van der Waals surface area contributed by atoms with Gasteiger partial charge in [-0.2, -0.15) is 0 Å². The molecule has 1 atom stereocenters. The minimum Gasteiger partial charge on any atom is -0.497 e. The number of fused-ring (bicyclic) bond motifs is 1. The molecule has 1 aromatic carbocycles. The van der Waals surface area contributed by atoms with E-state index in [0.717, 1.165) is 20.7 Å². The third kappa shape index (κ3) is 2.33. The van der Waals surface area contributed by atoms with Crippen molar-refractivity contribution in [3.8, 4) is 16.5 Å². The predicted octanol–water partition coefficient (Wildman–Crippen LogP) is 2.21. The van der Waals surface area contributed by atoms with Gasteiger partial charge in [0.05, 0.1) is 12.0 Å². The summed E-state index contributed by atoms with van der Waals surface area (Å²) in [4.78, 5) is 11.9. The number of carbonyl (C=O) groups is 1. The van der Waals surface area contributed by atoms with E-state index in [1.807, 2.05) is 24.3 Å². The number of ether oxygens (including phenoxy) is 1. The van der Waals surface area contributed by atoms with E-state index < -0.39 is 12.0 Å². The maximum absolute atomic E-state index is 11.1. The molecule has 1 N–H and O–H groups in total. The van der Waals surface area contributed by atoms with Gasteiger partial charge < -0.3 is 9.84 Å². The summed E-state index contributed by atoms with van der Waals surface area (Å²) in [6, 6.07) is 6.86. The molecule has 8 heteroatoms. The van der Waals surface area contributed by atoms with Crippen LogP contribution in [0.5, 0.6) is 5.75 Å². The van der Waals surface area contributed by atoms with Crippen molar-refractivity contribution in [2.75, 3.05) is 7.11 Å². The number of nitrogens with zero attached hydrogens (tertiary/aromatic N) is 4. The number of methoxy groups -OCH3 is 1. The van der Waals surface area contributed by atoms with Gasteiger partial charge in [0.25, 0.3) is 0 Å². The first-order valence-corrected chi connectivity index (χ1v) is 7.00. The molecule has 7 nitrogen and oxygen atoms in total. The van der Waals surface area contributed by atoms with Gasteiger partial charge in [-0.1, -0.05) is 0 Å². The van der Waals surface area contributed by atoms with Gasteiger partial charge >= 0.3 is 5.97 Å². The zero-order valence-corrected chi connectivity index (χ0v) is 12.2. The third-order valence-corrected chi connectivity index (χ3v) is 4.27. The van der Waals surface area contributed by atoms with Gasteiger partial charge in [0, 0.05) is 4.70 Å². The Morgan fingerprint density at radius 2 is 2.24 bits per heavy atom. The standard InChI is InChI=1S/C13H12N4O3S/c1-7(13(18)19)17-12(14-15-16-17)11-6-8-5-9(20-2)3-4-10(8)21-11/h3-7H,1-2H3,(H,18,19). The third-order valence-electron chi connectivity index (χ3n) is 3.16. The van der Waals surface area contributed by atoms with Crippen molar-refractivity contribution in [1.29, 1.82) is 0 Å². The highest BCUT2D eigenvalue weighted by Crippen LogP contribution is 2.34. The largest absolute Gasteiger partial charge is 0.497 e. The van der Waals surface area contributed by atoms with E-state index in [9.17, 15) is 4.79 Å². The van der Waals surface area contributed by atoms with Gasteiger partial charge in [-0.15, -0.1) is 16.4 Å². The van der Waals surface area contributed by atoms with Crippen LogP contribution in [0, 0.1) is 0 Å². The van der Waals surface area contributed by atoms with Gasteiger partial charge in [-0.3, -0.25) is 0 Å². The highest BCUT2D eigenvalue weighted by atomic mass is 32.1. The molecule has 0 fully saturated rings. The second-order valence-corrected chi connectivity index (χ2v) is 5.56. The maximum Gasteiger partial charge on any atom is 0.328 e. The number of hydrogen-bond acceptors (Lipinski definition) is 6. The average Bonchev–Trinajstić information content (AvgIpc) is 3.11. The zero-order valence-electron chi connectivity index (χ0n) is 11.3. The van der Waals surface area contributed by atoms with Crippen LogP contribution in [-0.4, -0.2) is 38.4 Å². The number of rotatable bonds is 4. The molecule has 0 bridgehead atoms. The number of thiophene rings is 1. The Bertz CT molecular complexity index is 811. The lowest BCUT2D eigenvalue weighted by molar-refractivity contribution is -0.140. The molecular formula is C13H12N4O3S. The quantitative estimate of drug-likeness (QED) is 0.794.